The number of amidine groups is 1. The molecule has 0 aliphatic carbocycles. The zero-order chi connectivity index (χ0) is 18.4. The molecule has 0 aromatic heterocycles. The van der Waals surface area contributed by atoms with Crippen LogP contribution in [0.3, 0.4) is 0 Å². The molecule has 1 unspecified atom stereocenters. The molecular weight excluding hydrogens is 370 g/mol. The van der Waals surface area contributed by atoms with Crippen molar-refractivity contribution in [2.75, 3.05) is 6.61 Å². The number of hydrogen-bond donors (Lipinski definition) is 1. The summed E-state index contributed by atoms with van der Waals surface area (Å²) in [5.74, 6) is 0.770. The highest BCUT2D eigenvalue weighted by atomic mass is 35.5. The fourth-order valence-electron chi connectivity index (χ4n) is 2.41. The van der Waals surface area contributed by atoms with E-state index in [-0.39, 0.29) is 11.2 Å². The molecule has 0 bridgehead atoms. The van der Waals surface area contributed by atoms with Crippen molar-refractivity contribution in [1.82, 2.24) is 5.32 Å². The van der Waals surface area contributed by atoms with Gasteiger partial charge in [0.05, 0.1) is 18.1 Å². The number of carbonyl (C=O) groups is 1. The highest BCUT2D eigenvalue weighted by molar-refractivity contribution is 8.15. The van der Waals surface area contributed by atoms with E-state index in [2.05, 4.69) is 15.5 Å². The van der Waals surface area contributed by atoms with Crippen LogP contribution in [0.2, 0.25) is 5.02 Å². The molecule has 1 amide bonds. The SMILES string of the molecule is CCOc1ccc(CC2S/C(=N/N=Cc3ccccc3Cl)NC2=O)cc1. The third kappa shape index (κ3) is 4.86. The summed E-state index contributed by atoms with van der Waals surface area (Å²) in [6.07, 6.45) is 2.19. The van der Waals surface area contributed by atoms with Crippen molar-refractivity contribution in [3.8, 4) is 5.75 Å². The minimum atomic E-state index is -0.220. The number of nitrogens with zero attached hydrogens (tertiary/aromatic N) is 2. The van der Waals surface area contributed by atoms with E-state index in [1.807, 2.05) is 49.4 Å². The van der Waals surface area contributed by atoms with Gasteiger partial charge in [-0.3, -0.25) is 4.79 Å². The Morgan fingerprint density at radius 1 is 1.23 bits per heavy atom. The Balaban J connectivity index is 1.60. The molecule has 3 rings (SSSR count). The largest absolute Gasteiger partial charge is 0.494 e. The number of nitrogens with one attached hydrogen (secondary N) is 1. The number of benzene rings is 2. The molecule has 1 heterocycles. The second-order valence-corrected chi connectivity index (χ2v) is 7.15. The molecule has 134 valence electrons. The van der Waals surface area contributed by atoms with Gasteiger partial charge in [0.15, 0.2) is 5.17 Å². The summed E-state index contributed by atoms with van der Waals surface area (Å²) in [5.41, 5.74) is 1.85. The van der Waals surface area contributed by atoms with Gasteiger partial charge >= 0.3 is 0 Å². The summed E-state index contributed by atoms with van der Waals surface area (Å²) in [6, 6.07) is 15.1. The van der Waals surface area contributed by atoms with E-state index < -0.39 is 0 Å². The van der Waals surface area contributed by atoms with Gasteiger partial charge in [-0.2, -0.15) is 5.10 Å². The highest BCUT2D eigenvalue weighted by Crippen LogP contribution is 2.24. The topological polar surface area (TPSA) is 63.1 Å². The van der Waals surface area contributed by atoms with E-state index in [1.165, 1.54) is 11.8 Å². The van der Waals surface area contributed by atoms with Crippen molar-refractivity contribution in [1.29, 1.82) is 0 Å². The Hall–Kier alpha value is -2.31. The summed E-state index contributed by atoms with van der Waals surface area (Å²) < 4.78 is 5.43. The molecule has 5 nitrogen and oxygen atoms in total. The molecule has 1 atom stereocenters. The minimum absolute atomic E-state index is 0.0596. The van der Waals surface area contributed by atoms with Gasteiger partial charge in [-0.15, -0.1) is 5.10 Å². The summed E-state index contributed by atoms with van der Waals surface area (Å²) in [4.78, 5) is 12.1. The molecule has 1 fully saturated rings. The predicted octanol–water partition coefficient (Wildman–Crippen LogP) is 3.90. The van der Waals surface area contributed by atoms with Gasteiger partial charge in [0.25, 0.3) is 0 Å². The molecule has 1 N–H and O–H groups in total. The van der Waals surface area contributed by atoms with Crippen molar-refractivity contribution < 1.29 is 9.53 Å². The summed E-state index contributed by atoms with van der Waals surface area (Å²) in [5, 5.41) is 11.7. The number of amides is 1. The lowest BCUT2D eigenvalue weighted by atomic mass is 10.1. The van der Waals surface area contributed by atoms with E-state index in [4.69, 9.17) is 16.3 Å². The number of rotatable bonds is 6. The number of thioether (sulfide) groups is 1. The Bertz CT molecular complexity index is 837. The summed E-state index contributed by atoms with van der Waals surface area (Å²) in [6.45, 7) is 2.58. The molecule has 1 aliphatic heterocycles. The van der Waals surface area contributed by atoms with Crippen LogP contribution in [0.1, 0.15) is 18.1 Å². The Kier molecular flexibility index (Phi) is 6.30. The molecular formula is C19H18ClN3O2S. The molecule has 2 aromatic rings. The van der Waals surface area contributed by atoms with Gasteiger partial charge in [-0.25, -0.2) is 0 Å². The van der Waals surface area contributed by atoms with Gasteiger partial charge in [0.1, 0.15) is 5.75 Å². The zero-order valence-electron chi connectivity index (χ0n) is 14.2. The first-order chi connectivity index (χ1) is 12.7. The van der Waals surface area contributed by atoms with E-state index in [0.29, 0.717) is 23.2 Å². The van der Waals surface area contributed by atoms with Crippen LogP contribution in [0.25, 0.3) is 0 Å². The number of ether oxygens (including phenoxy) is 1. The number of halogens is 1. The monoisotopic (exact) mass is 387 g/mol. The third-order valence-corrected chi connectivity index (χ3v) is 5.10. The van der Waals surface area contributed by atoms with Crippen LogP contribution in [-0.2, 0) is 11.2 Å². The molecule has 2 aromatic carbocycles. The van der Waals surface area contributed by atoms with Crippen LogP contribution in [0.5, 0.6) is 5.75 Å². The first kappa shape index (κ1) is 18.5. The first-order valence-electron chi connectivity index (χ1n) is 8.20. The van der Waals surface area contributed by atoms with Crippen LogP contribution < -0.4 is 10.1 Å². The Morgan fingerprint density at radius 2 is 2.00 bits per heavy atom. The van der Waals surface area contributed by atoms with Crippen molar-refractivity contribution in [3.05, 3.63) is 64.7 Å². The maximum atomic E-state index is 12.1. The molecule has 7 heteroatoms. The second-order valence-electron chi connectivity index (χ2n) is 5.55. The molecule has 1 saturated heterocycles. The quantitative estimate of drug-likeness (QED) is 0.604. The van der Waals surface area contributed by atoms with E-state index >= 15 is 0 Å². The van der Waals surface area contributed by atoms with Gasteiger partial charge in [0.2, 0.25) is 5.91 Å². The standard InChI is InChI=1S/C19H18ClN3O2S/c1-2-25-15-9-7-13(8-10-15)11-17-18(24)22-19(26-17)23-21-12-14-5-3-4-6-16(14)20/h3-10,12,17H,2,11H2,1H3,(H,22,23,24). The van der Waals surface area contributed by atoms with Gasteiger partial charge in [-0.05, 0) is 37.1 Å². The Labute approximate surface area is 161 Å². The van der Waals surface area contributed by atoms with Gasteiger partial charge < -0.3 is 10.1 Å². The van der Waals surface area contributed by atoms with Crippen molar-refractivity contribution >= 4 is 40.7 Å². The molecule has 1 aliphatic rings. The van der Waals surface area contributed by atoms with Crippen molar-refractivity contribution in [3.63, 3.8) is 0 Å². The van der Waals surface area contributed by atoms with Crippen LogP contribution in [-0.4, -0.2) is 29.1 Å². The average Bonchev–Trinajstić information content (AvgIpc) is 2.98. The molecule has 0 radical (unpaired) electrons. The fraction of sp³-hybridized carbons (Fsp3) is 0.211. The number of hydrogen-bond acceptors (Lipinski definition) is 5. The fourth-order valence-corrected chi connectivity index (χ4v) is 3.56. The number of carbonyl (C=O) groups excluding carboxylic acids is 1. The van der Waals surface area contributed by atoms with Gasteiger partial charge in [-0.1, -0.05) is 53.7 Å². The van der Waals surface area contributed by atoms with Crippen LogP contribution in [0, 0.1) is 0 Å². The minimum Gasteiger partial charge on any atom is -0.494 e. The molecule has 0 spiro atoms. The molecule has 26 heavy (non-hydrogen) atoms. The van der Waals surface area contributed by atoms with E-state index in [1.54, 1.807) is 12.3 Å². The van der Waals surface area contributed by atoms with Gasteiger partial charge in [0, 0.05) is 10.6 Å². The summed E-state index contributed by atoms with van der Waals surface area (Å²) >= 11 is 7.44. The van der Waals surface area contributed by atoms with E-state index in [9.17, 15) is 4.79 Å². The van der Waals surface area contributed by atoms with Crippen molar-refractivity contribution in [2.24, 2.45) is 10.2 Å². The highest BCUT2D eigenvalue weighted by Gasteiger charge is 2.30. The van der Waals surface area contributed by atoms with Crippen molar-refractivity contribution in [2.45, 2.75) is 18.6 Å². The van der Waals surface area contributed by atoms with Crippen LogP contribution in [0.4, 0.5) is 0 Å². The lowest BCUT2D eigenvalue weighted by molar-refractivity contribution is -0.118. The third-order valence-electron chi connectivity index (χ3n) is 3.68. The predicted molar refractivity (Wildman–Crippen MR) is 107 cm³/mol. The molecule has 0 saturated carbocycles. The average molecular weight is 388 g/mol. The Morgan fingerprint density at radius 3 is 2.73 bits per heavy atom. The lowest BCUT2D eigenvalue weighted by Crippen LogP contribution is -2.25. The van der Waals surface area contributed by atoms with Crippen LogP contribution >= 0.6 is 23.4 Å². The van der Waals surface area contributed by atoms with Crippen LogP contribution in [0.15, 0.2) is 58.7 Å². The maximum Gasteiger partial charge on any atom is 0.239 e. The second kappa shape index (κ2) is 8.87. The smallest absolute Gasteiger partial charge is 0.239 e. The first-order valence-corrected chi connectivity index (χ1v) is 9.46. The maximum absolute atomic E-state index is 12.1. The lowest BCUT2D eigenvalue weighted by Gasteiger charge is -2.07. The zero-order valence-corrected chi connectivity index (χ0v) is 15.8. The van der Waals surface area contributed by atoms with E-state index in [0.717, 1.165) is 16.9 Å². The summed E-state index contributed by atoms with van der Waals surface area (Å²) in [7, 11) is 0. The normalized spacial score (nSPS) is 18.5.